The van der Waals surface area contributed by atoms with Crippen molar-refractivity contribution >= 4 is 28.1 Å². The number of thioether (sulfide) groups is 1. The fourth-order valence-corrected chi connectivity index (χ4v) is 4.42. The SMILES string of the molecule is COc1cccc(-n2ccnc2SCc2cc(=O)n3c(C)csc3n2)c1. The average molecular weight is 384 g/mol. The minimum absolute atomic E-state index is 0.0412. The molecule has 0 bridgehead atoms. The predicted octanol–water partition coefficient (Wildman–Crippen LogP) is 3.55. The van der Waals surface area contributed by atoms with Gasteiger partial charge >= 0.3 is 0 Å². The Morgan fingerprint density at radius 1 is 1.31 bits per heavy atom. The molecule has 0 spiro atoms. The molecule has 132 valence electrons. The van der Waals surface area contributed by atoms with E-state index in [0.29, 0.717) is 5.75 Å². The molecule has 0 aliphatic rings. The van der Waals surface area contributed by atoms with Crippen molar-refractivity contribution in [3.63, 3.8) is 0 Å². The van der Waals surface area contributed by atoms with Gasteiger partial charge in [-0.05, 0) is 19.1 Å². The minimum atomic E-state index is -0.0412. The first kappa shape index (κ1) is 16.9. The first-order chi connectivity index (χ1) is 12.7. The fourth-order valence-electron chi connectivity index (χ4n) is 2.67. The number of hydrogen-bond acceptors (Lipinski definition) is 6. The van der Waals surface area contributed by atoms with Crippen molar-refractivity contribution in [2.45, 2.75) is 17.8 Å². The number of nitrogens with zero attached hydrogens (tertiary/aromatic N) is 4. The smallest absolute Gasteiger partial charge is 0.258 e. The Morgan fingerprint density at radius 3 is 3.04 bits per heavy atom. The van der Waals surface area contributed by atoms with Crippen LogP contribution in [0.1, 0.15) is 11.4 Å². The molecule has 0 N–H and O–H groups in total. The molecule has 0 radical (unpaired) electrons. The van der Waals surface area contributed by atoms with Gasteiger partial charge in [-0.3, -0.25) is 13.8 Å². The molecule has 0 amide bonds. The van der Waals surface area contributed by atoms with Gasteiger partial charge in [0.15, 0.2) is 10.1 Å². The fraction of sp³-hybridized carbons (Fsp3) is 0.167. The van der Waals surface area contributed by atoms with E-state index >= 15 is 0 Å². The van der Waals surface area contributed by atoms with Crippen molar-refractivity contribution in [1.29, 1.82) is 0 Å². The Bertz CT molecular complexity index is 1130. The van der Waals surface area contributed by atoms with Crippen LogP contribution in [0.25, 0.3) is 10.6 Å². The summed E-state index contributed by atoms with van der Waals surface area (Å²) in [6.45, 7) is 1.91. The van der Waals surface area contributed by atoms with Gasteiger partial charge in [0.1, 0.15) is 5.75 Å². The lowest BCUT2D eigenvalue weighted by Gasteiger charge is -2.09. The molecule has 3 heterocycles. The van der Waals surface area contributed by atoms with Crippen LogP contribution in [0.2, 0.25) is 0 Å². The summed E-state index contributed by atoms with van der Waals surface area (Å²) in [5, 5.41) is 2.78. The number of ether oxygens (including phenoxy) is 1. The molecule has 3 aromatic heterocycles. The lowest BCUT2D eigenvalue weighted by Crippen LogP contribution is -2.14. The molecule has 4 aromatic rings. The number of methoxy groups -OCH3 is 1. The summed E-state index contributed by atoms with van der Waals surface area (Å²) >= 11 is 3.02. The van der Waals surface area contributed by atoms with E-state index in [1.807, 2.05) is 47.3 Å². The number of aryl methyl sites for hydroxylation is 1. The van der Waals surface area contributed by atoms with Crippen molar-refractivity contribution in [3.05, 3.63) is 69.8 Å². The van der Waals surface area contributed by atoms with Gasteiger partial charge in [-0.1, -0.05) is 17.8 Å². The first-order valence-corrected chi connectivity index (χ1v) is 9.79. The molecule has 6 nitrogen and oxygen atoms in total. The zero-order valence-corrected chi connectivity index (χ0v) is 15.9. The van der Waals surface area contributed by atoms with Crippen LogP contribution < -0.4 is 10.3 Å². The Kier molecular flexibility index (Phi) is 4.52. The third-order valence-electron chi connectivity index (χ3n) is 3.92. The normalized spacial score (nSPS) is 11.2. The Hall–Kier alpha value is -2.58. The number of hydrogen-bond donors (Lipinski definition) is 0. The molecular weight excluding hydrogens is 368 g/mol. The second kappa shape index (κ2) is 6.97. The second-order valence-electron chi connectivity index (χ2n) is 5.65. The molecule has 0 atom stereocenters. The number of aromatic nitrogens is 4. The predicted molar refractivity (Wildman–Crippen MR) is 104 cm³/mol. The van der Waals surface area contributed by atoms with Gasteiger partial charge < -0.3 is 4.74 Å². The van der Waals surface area contributed by atoms with Crippen molar-refractivity contribution in [2.24, 2.45) is 0 Å². The summed E-state index contributed by atoms with van der Waals surface area (Å²) in [6, 6.07) is 9.40. The third kappa shape index (κ3) is 3.13. The molecule has 0 aliphatic carbocycles. The van der Waals surface area contributed by atoms with Crippen molar-refractivity contribution in [2.75, 3.05) is 7.11 Å². The van der Waals surface area contributed by atoms with Crippen LogP contribution in [0.15, 0.2) is 58.1 Å². The lowest BCUT2D eigenvalue weighted by atomic mass is 10.3. The molecule has 0 saturated heterocycles. The summed E-state index contributed by atoms with van der Waals surface area (Å²) in [4.78, 5) is 22.0. The van der Waals surface area contributed by atoms with Crippen LogP contribution in [0, 0.1) is 6.92 Å². The zero-order chi connectivity index (χ0) is 18.1. The highest BCUT2D eigenvalue weighted by Crippen LogP contribution is 2.25. The van der Waals surface area contributed by atoms with E-state index < -0.39 is 0 Å². The summed E-state index contributed by atoms with van der Waals surface area (Å²) in [7, 11) is 1.65. The van der Waals surface area contributed by atoms with Gasteiger partial charge in [0.2, 0.25) is 0 Å². The topological polar surface area (TPSA) is 61.4 Å². The highest BCUT2D eigenvalue weighted by atomic mass is 32.2. The van der Waals surface area contributed by atoms with Crippen LogP contribution in [0.4, 0.5) is 0 Å². The molecular formula is C18H16N4O2S2. The Morgan fingerprint density at radius 2 is 2.19 bits per heavy atom. The van der Waals surface area contributed by atoms with Crippen LogP contribution in [0.3, 0.4) is 0 Å². The van der Waals surface area contributed by atoms with Gasteiger partial charge in [0, 0.05) is 41.4 Å². The second-order valence-corrected chi connectivity index (χ2v) is 7.43. The maximum absolute atomic E-state index is 12.3. The molecule has 0 aliphatic heterocycles. The Labute approximate surface area is 158 Å². The maximum Gasteiger partial charge on any atom is 0.258 e. The number of fused-ring (bicyclic) bond motifs is 1. The van der Waals surface area contributed by atoms with Crippen LogP contribution in [-0.2, 0) is 5.75 Å². The molecule has 4 rings (SSSR count). The van der Waals surface area contributed by atoms with E-state index in [9.17, 15) is 4.79 Å². The van der Waals surface area contributed by atoms with E-state index in [4.69, 9.17) is 4.74 Å². The minimum Gasteiger partial charge on any atom is -0.497 e. The lowest BCUT2D eigenvalue weighted by molar-refractivity contribution is 0.414. The molecule has 0 saturated carbocycles. The number of thiazole rings is 1. The highest BCUT2D eigenvalue weighted by molar-refractivity contribution is 7.98. The summed E-state index contributed by atoms with van der Waals surface area (Å²) < 4.78 is 8.92. The standard InChI is InChI=1S/C18H16N4O2S2/c1-12-10-25-18-20-13(8-16(23)22(12)18)11-26-17-19-6-7-21(17)14-4-3-5-15(9-14)24-2/h3-10H,11H2,1-2H3. The maximum atomic E-state index is 12.3. The largest absolute Gasteiger partial charge is 0.497 e. The third-order valence-corrected chi connectivity index (χ3v) is 5.86. The monoisotopic (exact) mass is 384 g/mol. The molecule has 0 unspecified atom stereocenters. The summed E-state index contributed by atoms with van der Waals surface area (Å²) in [6.07, 6.45) is 3.67. The van der Waals surface area contributed by atoms with Crippen LogP contribution in [0.5, 0.6) is 5.75 Å². The number of benzene rings is 1. The molecule has 0 fully saturated rings. The van der Waals surface area contributed by atoms with Gasteiger partial charge in [-0.15, -0.1) is 11.3 Å². The van der Waals surface area contributed by atoms with E-state index in [1.54, 1.807) is 35.5 Å². The van der Waals surface area contributed by atoms with E-state index in [2.05, 4.69) is 9.97 Å². The van der Waals surface area contributed by atoms with Gasteiger partial charge in [-0.25, -0.2) is 9.97 Å². The van der Waals surface area contributed by atoms with Crippen molar-refractivity contribution in [3.8, 4) is 11.4 Å². The quantitative estimate of drug-likeness (QED) is 0.493. The van der Waals surface area contributed by atoms with Gasteiger partial charge in [-0.2, -0.15) is 0 Å². The molecule has 1 aromatic carbocycles. The van der Waals surface area contributed by atoms with Crippen molar-refractivity contribution in [1.82, 2.24) is 18.9 Å². The summed E-state index contributed by atoms with van der Waals surface area (Å²) in [5.41, 5.74) is 2.60. The zero-order valence-electron chi connectivity index (χ0n) is 14.2. The number of imidazole rings is 1. The van der Waals surface area contributed by atoms with E-state index in [-0.39, 0.29) is 5.56 Å². The number of rotatable bonds is 5. The van der Waals surface area contributed by atoms with Gasteiger partial charge in [0.05, 0.1) is 18.5 Å². The highest BCUT2D eigenvalue weighted by Gasteiger charge is 2.10. The molecule has 26 heavy (non-hydrogen) atoms. The van der Waals surface area contributed by atoms with Crippen LogP contribution in [-0.4, -0.2) is 26.0 Å². The average Bonchev–Trinajstić information content (AvgIpc) is 3.27. The van der Waals surface area contributed by atoms with Crippen molar-refractivity contribution < 1.29 is 4.74 Å². The van der Waals surface area contributed by atoms with Gasteiger partial charge in [0.25, 0.3) is 5.56 Å². The van der Waals surface area contributed by atoms with E-state index in [1.165, 1.54) is 11.3 Å². The molecule has 8 heteroatoms. The van der Waals surface area contributed by atoms with Crippen LogP contribution >= 0.6 is 23.1 Å². The Balaban J connectivity index is 1.59. The summed E-state index contributed by atoms with van der Waals surface area (Å²) in [5.74, 6) is 1.37. The van der Waals surface area contributed by atoms with E-state index in [0.717, 1.165) is 32.9 Å². The first-order valence-electron chi connectivity index (χ1n) is 7.93.